The molecule has 2 aliphatic rings. The maximum atomic E-state index is 12.4. The van der Waals surface area contributed by atoms with Gasteiger partial charge in [-0.3, -0.25) is 9.69 Å². The molecule has 5 heteroatoms. The highest BCUT2D eigenvalue weighted by Gasteiger charge is 2.28. The van der Waals surface area contributed by atoms with Crippen LogP contribution in [0.3, 0.4) is 0 Å². The summed E-state index contributed by atoms with van der Waals surface area (Å²) in [6, 6.07) is 10.5. The first-order chi connectivity index (χ1) is 12.2. The fourth-order valence-corrected chi connectivity index (χ4v) is 3.98. The van der Waals surface area contributed by atoms with Gasteiger partial charge in [0.15, 0.2) is 0 Å². The number of hydrogen-bond acceptors (Lipinski definition) is 4. The van der Waals surface area contributed by atoms with Crippen molar-refractivity contribution >= 4 is 5.91 Å². The van der Waals surface area contributed by atoms with Crippen molar-refractivity contribution in [3.8, 4) is 0 Å². The maximum Gasteiger partial charge on any atom is 0.222 e. The molecule has 0 radical (unpaired) electrons. The van der Waals surface area contributed by atoms with Crippen LogP contribution in [0.1, 0.15) is 37.7 Å². The van der Waals surface area contributed by atoms with E-state index >= 15 is 0 Å². The third-order valence-electron chi connectivity index (χ3n) is 5.37. The normalized spacial score (nSPS) is 27.8. The van der Waals surface area contributed by atoms with E-state index in [0.29, 0.717) is 13.0 Å². The number of carbonyl (C=O) groups is 1. The first kappa shape index (κ1) is 18.4. The molecule has 1 heterocycles. The van der Waals surface area contributed by atoms with Gasteiger partial charge in [0.25, 0.3) is 0 Å². The SMILES string of the molecule is O=C(CC1CN(Cc2ccccc2)CCO1)NC1CCCCC1CO. The molecule has 3 atom stereocenters. The third-order valence-corrected chi connectivity index (χ3v) is 5.37. The van der Waals surface area contributed by atoms with Crippen molar-refractivity contribution in [2.75, 3.05) is 26.3 Å². The van der Waals surface area contributed by atoms with Crippen molar-refractivity contribution in [1.82, 2.24) is 10.2 Å². The quantitative estimate of drug-likeness (QED) is 0.826. The van der Waals surface area contributed by atoms with E-state index in [1.54, 1.807) is 0 Å². The molecule has 0 aromatic heterocycles. The smallest absolute Gasteiger partial charge is 0.222 e. The van der Waals surface area contributed by atoms with E-state index in [1.807, 2.05) is 6.07 Å². The second-order valence-corrected chi connectivity index (χ2v) is 7.32. The van der Waals surface area contributed by atoms with Gasteiger partial charge in [-0.25, -0.2) is 0 Å². The van der Waals surface area contributed by atoms with Gasteiger partial charge in [0.1, 0.15) is 0 Å². The number of ether oxygens (including phenoxy) is 1. The van der Waals surface area contributed by atoms with Gasteiger partial charge < -0.3 is 15.2 Å². The summed E-state index contributed by atoms with van der Waals surface area (Å²) in [6.07, 6.45) is 4.62. The van der Waals surface area contributed by atoms with E-state index < -0.39 is 0 Å². The summed E-state index contributed by atoms with van der Waals surface area (Å²) in [5, 5.41) is 12.6. The fraction of sp³-hybridized carbons (Fsp3) is 0.650. The number of rotatable bonds is 6. The minimum Gasteiger partial charge on any atom is -0.396 e. The molecule has 1 aliphatic carbocycles. The fourth-order valence-electron chi connectivity index (χ4n) is 3.98. The van der Waals surface area contributed by atoms with Gasteiger partial charge in [0.05, 0.1) is 19.1 Å². The molecule has 3 unspecified atom stereocenters. The molecule has 3 rings (SSSR count). The molecule has 138 valence electrons. The lowest BCUT2D eigenvalue weighted by molar-refractivity contribution is -0.127. The van der Waals surface area contributed by atoms with Crippen molar-refractivity contribution < 1.29 is 14.6 Å². The van der Waals surface area contributed by atoms with Gasteiger partial charge in [-0.2, -0.15) is 0 Å². The second-order valence-electron chi connectivity index (χ2n) is 7.32. The van der Waals surface area contributed by atoms with E-state index in [9.17, 15) is 9.90 Å². The molecule has 1 saturated carbocycles. The van der Waals surface area contributed by atoms with Crippen molar-refractivity contribution in [2.45, 2.75) is 50.8 Å². The lowest BCUT2D eigenvalue weighted by Gasteiger charge is -2.34. The van der Waals surface area contributed by atoms with Crippen molar-refractivity contribution in [3.63, 3.8) is 0 Å². The van der Waals surface area contributed by atoms with Gasteiger partial charge in [-0.05, 0) is 18.4 Å². The Hall–Kier alpha value is -1.43. The zero-order valence-electron chi connectivity index (χ0n) is 14.9. The Balaban J connectivity index is 1.46. The van der Waals surface area contributed by atoms with E-state index in [-0.39, 0.29) is 30.6 Å². The molecule has 1 aromatic rings. The standard InChI is InChI=1S/C20H30N2O3/c23-15-17-8-4-5-9-19(17)21-20(24)12-18-14-22(10-11-25-18)13-16-6-2-1-3-7-16/h1-3,6-7,17-19,23H,4-5,8-15H2,(H,21,24). The predicted octanol–water partition coefficient (Wildman–Crippen LogP) is 1.94. The number of aliphatic hydroxyl groups excluding tert-OH is 1. The van der Waals surface area contributed by atoms with Crippen LogP contribution >= 0.6 is 0 Å². The van der Waals surface area contributed by atoms with Crippen LogP contribution in [0.15, 0.2) is 30.3 Å². The molecule has 0 bridgehead atoms. The third kappa shape index (κ3) is 5.53. The molecule has 1 amide bonds. The summed E-state index contributed by atoms with van der Waals surface area (Å²) < 4.78 is 5.81. The van der Waals surface area contributed by atoms with E-state index in [4.69, 9.17) is 4.74 Å². The van der Waals surface area contributed by atoms with Gasteiger partial charge in [-0.15, -0.1) is 0 Å². The van der Waals surface area contributed by atoms with E-state index in [1.165, 1.54) is 5.56 Å². The number of benzene rings is 1. The molecule has 5 nitrogen and oxygen atoms in total. The summed E-state index contributed by atoms with van der Waals surface area (Å²) in [7, 11) is 0. The number of carbonyl (C=O) groups excluding carboxylic acids is 1. The van der Waals surface area contributed by atoms with Gasteiger partial charge in [-0.1, -0.05) is 43.2 Å². The topological polar surface area (TPSA) is 61.8 Å². The van der Waals surface area contributed by atoms with Crippen LogP contribution in [-0.4, -0.2) is 54.4 Å². The second kappa shape index (κ2) is 9.32. The molecule has 2 fully saturated rings. The lowest BCUT2D eigenvalue weighted by atomic mass is 9.85. The van der Waals surface area contributed by atoms with Crippen molar-refractivity contribution in [3.05, 3.63) is 35.9 Å². The Morgan fingerprint density at radius 3 is 2.84 bits per heavy atom. The van der Waals surface area contributed by atoms with Crippen LogP contribution < -0.4 is 5.32 Å². The van der Waals surface area contributed by atoms with Crippen LogP contribution in [0.5, 0.6) is 0 Å². The number of nitrogens with zero attached hydrogens (tertiary/aromatic N) is 1. The minimum absolute atomic E-state index is 0.0476. The first-order valence-electron chi connectivity index (χ1n) is 9.52. The summed E-state index contributed by atoms with van der Waals surface area (Å²) >= 11 is 0. The number of morpholine rings is 1. The first-order valence-corrected chi connectivity index (χ1v) is 9.52. The molecule has 0 spiro atoms. The van der Waals surface area contributed by atoms with Crippen LogP contribution in [0, 0.1) is 5.92 Å². The Kier molecular flexibility index (Phi) is 6.84. The van der Waals surface area contributed by atoms with Gasteiger partial charge in [0.2, 0.25) is 5.91 Å². The van der Waals surface area contributed by atoms with E-state index in [2.05, 4.69) is 34.5 Å². The number of aliphatic hydroxyl groups is 1. The largest absolute Gasteiger partial charge is 0.396 e. The molecular weight excluding hydrogens is 316 g/mol. The molecule has 2 N–H and O–H groups in total. The molecular formula is C20H30N2O3. The van der Waals surface area contributed by atoms with Gasteiger partial charge in [0, 0.05) is 38.2 Å². The monoisotopic (exact) mass is 346 g/mol. The van der Waals surface area contributed by atoms with Crippen LogP contribution in [0.2, 0.25) is 0 Å². The summed E-state index contributed by atoms with van der Waals surface area (Å²) in [6.45, 7) is 3.43. The van der Waals surface area contributed by atoms with Crippen molar-refractivity contribution in [1.29, 1.82) is 0 Å². The highest BCUT2D eigenvalue weighted by Crippen LogP contribution is 2.24. The zero-order valence-corrected chi connectivity index (χ0v) is 14.9. The maximum absolute atomic E-state index is 12.4. The molecule has 1 saturated heterocycles. The van der Waals surface area contributed by atoms with E-state index in [0.717, 1.165) is 45.3 Å². The summed E-state index contributed by atoms with van der Waals surface area (Å²) in [5.41, 5.74) is 1.29. The number of amides is 1. The lowest BCUT2D eigenvalue weighted by Crippen LogP contribution is -2.47. The number of nitrogens with one attached hydrogen (secondary N) is 1. The summed E-state index contributed by atoms with van der Waals surface area (Å²) in [5.74, 6) is 0.261. The molecule has 25 heavy (non-hydrogen) atoms. The minimum atomic E-state index is -0.0476. The molecule has 1 aliphatic heterocycles. The highest BCUT2D eigenvalue weighted by molar-refractivity contribution is 5.76. The Bertz CT molecular complexity index is 537. The van der Waals surface area contributed by atoms with Crippen LogP contribution in [0.4, 0.5) is 0 Å². The Morgan fingerprint density at radius 1 is 1.24 bits per heavy atom. The average molecular weight is 346 g/mol. The van der Waals surface area contributed by atoms with Gasteiger partial charge >= 0.3 is 0 Å². The molecule has 1 aromatic carbocycles. The zero-order chi connectivity index (χ0) is 17.5. The Labute approximate surface area is 150 Å². The predicted molar refractivity (Wildman–Crippen MR) is 97.1 cm³/mol. The van der Waals surface area contributed by atoms with Crippen LogP contribution in [-0.2, 0) is 16.1 Å². The van der Waals surface area contributed by atoms with Crippen LogP contribution in [0.25, 0.3) is 0 Å². The summed E-state index contributed by atoms with van der Waals surface area (Å²) in [4.78, 5) is 14.8. The average Bonchev–Trinajstić information content (AvgIpc) is 2.63. The van der Waals surface area contributed by atoms with Crippen molar-refractivity contribution in [2.24, 2.45) is 5.92 Å². The highest BCUT2D eigenvalue weighted by atomic mass is 16.5. The Morgan fingerprint density at radius 2 is 2.04 bits per heavy atom. The number of hydrogen-bond donors (Lipinski definition) is 2.